The van der Waals surface area contributed by atoms with E-state index in [2.05, 4.69) is 33.8 Å². The zero-order valence-corrected chi connectivity index (χ0v) is 11.4. The fourth-order valence-corrected chi connectivity index (χ4v) is 2.79. The van der Waals surface area contributed by atoms with Crippen LogP contribution in [0.25, 0.3) is 0 Å². The highest BCUT2D eigenvalue weighted by Gasteiger charge is 2.41. The molecule has 1 aliphatic heterocycles. The number of hydrogen-bond acceptors (Lipinski definition) is 3. The maximum atomic E-state index is 10.1. The Morgan fingerprint density at radius 3 is 2.82 bits per heavy atom. The van der Waals surface area contributed by atoms with Crippen LogP contribution in [0.2, 0.25) is 0 Å². The molecular formula is C13H15BrN2O. The van der Waals surface area contributed by atoms with Gasteiger partial charge in [-0.3, -0.25) is 0 Å². The van der Waals surface area contributed by atoms with Gasteiger partial charge in [-0.1, -0.05) is 19.4 Å². The van der Waals surface area contributed by atoms with Crippen LogP contribution >= 0.6 is 15.9 Å². The van der Waals surface area contributed by atoms with E-state index in [-0.39, 0.29) is 0 Å². The second-order valence-electron chi connectivity index (χ2n) is 4.58. The highest BCUT2D eigenvalue weighted by molar-refractivity contribution is 9.10. The van der Waals surface area contributed by atoms with Crippen molar-refractivity contribution in [3.8, 4) is 6.07 Å². The van der Waals surface area contributed by atoms with Gasteiger partial charge < -0.3 is 10.0 Å². The van der Waals surface area contributed by atoms with E-state index in [0.29, 0.717) is 18.7 Å². The summed E-state index contributed by atoms with van der Waals surface area (Å²) in [4.78, 5) is 2.05. The lowest BCUT2D eigenvalue weighted by Gasteiger charge is -2.48. The average molecular weight is 295 g/mol. The highest BCUT2D eigenvalue weighted by Crippen LogP contribution is 2.35. The molecule has 0 bridgehead atoms. The second kappa shape index (κ2) is 4.67. The van der Waals surface area contributed by atoms with E-state index in [0.717, 1.165) is 23.0 Å². The van der Waals surface area contributed by atoms with Crippen LogP contribution in [0, 0.1) is 11.3 Å². The van der Waals surface area contributed by atoms with Crippen molar-refractivity contribution in [2.75, 3.05) is 18.0 Å². The van der Waals surface area contributed by atoms with Crippen LogP contribution in [-0.4, -0.2) is 23.8 Å². The maximum absolute atomic E-state index is 10.1. The van der Waals surface area contributed by atoms with Gasteiger partial charge in [-0.2, -0.15) is 5.26 Å². The first-order chi connectivity index (χ1) is 8.09. The molecule has 0 atom stereocenters. The number of hydrogen-bond donors (Lipinski definition) is 1. The molecule has 0 aliphatic carbocycles. The molecule has 1 saturated heterocycles. The fraction of sp³-hybridized carbons (Fsp3) is 0.462. The predicted molar refractivity (Wildman–Crippen MR) is 70.9 cm³/mol. The molecule has 0 spiro atoms. The second-order valence-corrected chi connectivity index (χ2v) is 5.43. The van der Waals surface area contributed by atoms with Crippen molar-refractivity contribution in [3.05, 3.63) is 28.2 Å². The minimum atomic E-state index is -0.566. The Bertz CT molecular complexity index is 461. The number of nitrogens with zero attached hydrogens (tertiary/aromatic N) is 2. The van der Waals surface area contributed by atoms with Gasteiger partial charge in [0.2, 0.25) is 0 Å². The van der Waals surface area contributed by atoms with E-state index < -0.39 is 5.60 Å². The molecule has 0 radical (unpaired) electrons. The summed E-state index contributed by atoms with van der Waals surface area (Å²) >= 11 is 3.38. The van der Waals surface area contributed by atoms with Crippen LogP contribution in [0.15, 0.2) is 22.7 Å². The van der Waals surface area contributed by atoms with Crippen LogP contribution in [0.3, 0.4) is 0 Å². The topological polar surface area (TPSA) is 47.3 Å². The number of anilines is 1. The smallest absolute Gasteiger partial charge is 0.103 e. The maximum Gasteiger partial charge on any atom is 0.103 e. The average Bonchev–Trinajstić information content (AvgIpc) is 2.25. The molecule has 90 valence electrons. The summed E-state index contributed by atoms with van der Waals surface area (Å²) in [6.07, 6.45) is 1.80. The number of aliphatic hydroxyl groups is 1. The Morgan fingerprint density at radius 2 is 2.24 bits per heavy atom. The molecule has 0 aromatic heterocycles. The van der Waals surface area contributed by atoms with Gasteiger partial charge in [0.25, 0.3) is 0 Å². The standard InChI is InChI=1S/C13H15BrN2O/c1-2-6-13(17)8-16(9-13)12-5-3-4-11(14)10(12)7-15/h3-5,17H,2,6,8-9H2,1H3. The Balaban J connectivity index is 2.17. The van der Waals surface area contributed by atoms with E-state index in [1.54, 1.807) is 0 Å². The SMILES string of the molecule is CCCC1(O)CN(c2cccc(Br)c2C#N)C1. The predicted octanol–water partition coefficient (Wildman–Crippen LogP) is 2.67. The van der Waals surface area contributed by atoms with Crippen LogP contribution < -0.4 is 4.90 Å². The number of halogens is 1. The minimum absolute atomic E-state index is 0.566. The first-order valence-corrected chi connectivity index (χ1v) is 6.55. The molecule has 1 aliphatic rings. The largest absolute Gasteiger partial charge is 0.386 e. The van der Waals surface area contributed by atoms with E-state index >= 15 is 0 Å². The molecule has 1 aromatic rings. The van der Waals surface area contributed by atoms with Gasteiger partial charge in [0, 0.05) is 17.6 Å². The van der Waals surface area contributed by atoms with E-state index in [1.807, 2.05) is 18.2 Å². The third kappa shape index (κ3) is 2.31. The third-order valence-corrected chi connectivity index (χ3v) is 3.79. The molecule has 0 amide bonds. The molecular weight excluding hydrogens is 280 g/mol. The van der Waals surface area contributed by atoms with Gasteiger partial charge in [0.15, 0.2) is 0 Å². The van der Waals surface area contributed by atoms with Gasteiger partial charge in [-0.15, -0.1) is 0 Å². The van der Waals surface area contributed by atoms with Crippen molar-refractivity contribution in [1.29, 1.82) is 5.26 Å². The quantitative estimate of drug-likeness (QED) is 0.932. The normalized spacial score (nSPS) is 17.4. The van der Waals surface area contributed by atoms with Crippen LogP contribution in [-0.2, 0) is 0 Å². The highest BCUT2D eigenvalue weighted by atomic mass is 79.9. The van der Waals surface area contributed by atoms with Crippen LogP contribution in [0.5, 0.6) is 0 Å². The van der Waals surface area contributed by atoms with Gasteiger partial charge in [0.05, 0.1) is 16.9 Å². The molecule has 1 aromatic carbocycles. The Labute approximate surface area is 110 Å². The lowest BCUT2D eigenvalue weighted by atomic mass is 9.88. The van der Waals surface area contributed by atoms with Gasteiger partial charge in [-0.25, -0.2) is 0 Å². The summed E-state index contributed by atoms with van der Waals surface area (Å²) in [6.45, 7) is 3.30. The minimum Gasteiger partial charge on any atom is -0.386 e. The number of nitriles is 1. The number of benzene rings is 1. The summed E-state index contributed by atoms with van der Waals surface area (Å²) < 4.78 is 0.809. The molecule has 1 fully saturated rings. The third-order valence-electron chi connectivity index (χ3n) is 3.13. The summed E-state index contributed by atoms with van der Waals surface area (Å²) in [5.41, 5.74) is 0.984. The lowest BCUT2D eigenvalue weighted by molar-refractivity contribution is 0.00337. The first kappa shape index (κ1) is 12.4. The molecule has 1 N–H and O–H groups in total. The Hall–Kier alpha value is -1.05. The van der Waals surface area contributed by atoms with Crippen molar-refractivity contribution in [2.24, 2.45) is 0 Å². The first-order valence-electron chi connectivity index (χ1n) is 5.75. The summed E-state index contributed by atoms with van der Waals surface area (Å²) in [5, 5.41) is 19.3. The van der Waals surface area contributed by atoms with Crippen LogP contribution in [0.1, 0.15) is 25.3 Å². The van der Waals surface area contributed by atoms with E-state index in [4.69, 9.17) is 5.26 Å². The Morgan fingerprint density at radius 1 is 1.53 bits per heavy atom. The summed E-state index contributed by atoms with van der Waals surface area (Å²) in [6, 6.07) is 7.90. The summed E-state index contributed by atoms with van der Waals surface area (Å²) in [5.74, 6) is 0. The molecule has 1 heterocycles. The fourth-order valence-electron chi connectivity index (χ4n) is 2.35. The monoisotopic (exact) mass is 294 g/mol. The van der Waals surface area contributed by atoms with E-state index in [1.165, 1.54) is 0 Å². The number of β-amino-alcohol motifs (C(OH)–C–C–N with tert-alkyl or cyclic N) is 1. The molecule has 4 heteroatoms. The van der Waals surface area contributed by atoms with Crippen molar-refractivity contribution in [2.45, 2.75) is 25.4 Å². The van der Waals surface area contributed by atoms with Crippen LogP contribution in [0.4, 0.5) is 5.69 Å². The van der Waals surface area contributed by atoms with Crippen molar-refractivity contribution >= 4 is 21.6 Å². The lowest BCUT2D eigenvalue weighted by Crippen LogP contribution is -2.62. The molecule has 2 rings (SSSR count). The number of rotatable bonds is 3. The van der Waals surface area contributed by atoms with Crippen molar-refractivity contribution in [1.82, 2.24) is 0 Å². The molecule has 3 nitrogen and oxygen atoms in total. The van der Waals surface area contributed by atoms with E-state index in [9.17, 15) is 5.11 Å². The van der Waals surface area contributed by atoms with Gasteiger partial charge in [0.1, 0.15) is 6.07 Å². The molecule has 17 heavy (non-hydrogen) atoms. The Kier molecular flexibility index (Phi) is 3.41. The molecule has 0 saturated carbocycles. The summed E-state index contributed by atoms with van der Waals surface area (Å²) in [7, 11) is 0. The van der Waals surface area contributed by atoms with Crippen molar-refractivity contribution < 1.29 is 5.11 Å². The van der Waals surface area contributed by atoms with Gasteiger partial charge in [-0.05, 0) is 34.5 Å². The molecule has 0 unspecified atom stereocenters. The zero-order chi connectivity index (χ0) is 12.5. The van der Waals surface area contributed by atoms with Gasteiger partial charge >= 0.3 is 0 Å². The van der Waals surface area contributed by atoms with Crippen molar-refractivity contribution in [3.63, 3.8) is 0 Å². The zero-order valence-electron chi connectivity index (χ0n) is 9.78.